The standard InChI is InChI=1S/C4H5NO5/c1-9-3(6)5-2-10-4(7)8/h2H,1H3,(H,7,8). The van der Waals surface area contributed by atoms with E-state index in [1.807, 2.05) is 0 Å². The molecule has 0 aromatic rings. The van der Waals surface area contributed by atoms with Gasteiger partial charge in [-0.3, -0.25) is 0 Å². The maximum absolute atomic E-state index is 10.1. The van der Waals surface area contributed by atoms with Crippen molar-refractivity contribution in [2.45, 2.75) is 0 Å². The van der Waals surface area contributed by atoms with Crippen LogP contribution in [0.2, 0.25) is 0 Å². The molecule has 0 atom stereocenters. The third-order valence-electron chi connectivity index (χ3n) is 0.486. The molecule has 56 valence electrons. The van der Waals surface area contributed by atoms with E-state index in [2.05, 4.69) is 14.5 Å². The van der Waals surface area contributed by atoms with E-state index in [9.17, 15) is 9.59 Å². The first kappa shape index (κ1) is 8.41. The number of hydrogen-bond acceptors (Lipinski definition) is 4. The van der Waals surface area contributed by atoms with Gasteiger partial charge in [0.2, 0.25) is 0 Å². The Morgan fingerprint density at radius 1 is 1.60 bits per heavy atom. The van der Waals surface area contributed by atoms with Crippen molar-refractivity contribution in [1.82, 2.24) is 0 Å². The first-order valence-electron chi connectivity index (χ1n) is 2.17. The van der Waals surface area contributed by atoms with Crippen molar-refractivity contribution in [2.75, 3.05) is 7.11 Å². The van der Waals surface area contributed by atoms with Crippen LogP contribution in [0.25, 0.3) is 0 Å². The molecule has 0 unspecified atom stereocenters. The van der Waals surface area contributed by atoms with E-state index < -0.39 is 12.2 Å². The predicted molar refractivity (Wildman–Crippen MR) is 30.0 cm³/mol. The molecule has 6 nitrogen and oxygen atoms in total. The summed E-state index contributed by atoms with van der Waals surface area (Å²) < 4.78 is 7.76. The molecule has 0 spiro atoms. The molecular formula is C4H5NO5. The molecule has 1 N–H and O–H groups in total. The molecule has 0 fully saturated rings. The maximum Gasteiger partial charge on any atom is 0.512 e. The Kier molecular flexibility index (Phi) is 3.62. The summed E-state index contributed by atoms with van der Waals surface area (Å²) in [5.74, 6) is 0. The minimum atomic E-state index is -1.53. The second kappa shape index (κ2) is 4.30. The fourth-order valence-corrected chi connectivity index (χ4v) is 0.167. The Hall–Kier alpha value is -1.59. The molecule has 0 aliphatic rings. The highest BCUT2D eigenvalue weighted by Gasteiger charge is 1.93. The van der Waals surface area contributed by atoms with Crippen molar-refractivity contribution in [1.29, 1.82) is 0 Å². The molecule has 10 heavy (non-hydrogen) atoms. The van der Waals surface area contributed by atoms with Gasteiger partial charge in [0, 0.05) is 0 Å². The van der Waals surface area contributed by atoms with Gasteiger partial charge in [0.1, 0.15) is 0 Å². The lowest BCUT2D eigenvalue weighted by Gasteiger charge is -1.88. The molecule has 6 heteroatoms. The lowest BCUT2D eigenvalue weighted by Crippen LogP contribution is -2.00. The number of ether oxygens (including phenoxy) is 2. The number of carbonyl (C=O) groups is 2. The number of nitrogens with zero attached hydrogens (tertiary/aromatic N) is 1. The molecule has 0 radical (unpaired) electrons. The van der Waals surface area contributed by atoms with Crippen LogP contribution in [0.3, 0.4) is 0 Å². The zero-order valence-corrected chi connectivity index (χ0v) is 5.10. The Labute approximate surface area is 56.1 Å². The summed E-state index contributed by atoms with van der Waals surface area (Å²) in [7, 11) is 1.11. The summed E-state index contributed by atoms with van der Waals surface area (Å²) in [6, 6.07) is 0. The molecule has 1 amide bonds. The van der Waals surface area contributed by atoms with E-state index in [0.717, 1.165) is 7.11 Å². The molecule has 0 aromatic heterocycles. The van der Waals surface area contributed by atoms with Gasteiger partial charge in [-0.2, -0.15) is 0 Å². The maximum atomic E-state index is 10.1. The fraction of sp³-hybridized carbons (Fsp3) is 0.250. The number of rotatable bonds is 1. The lowest BCUT2D eigenvalue weighted by molar-refractivity contribution is 0.143. The molecule has 0 saturated carbocycles. The summed E-state index contributed by atoms with van der Waals surface area (Å²) in [5.41, 5.74) is 0. The average molecular weight is 147 g/mol. The average Bonchev–Trinajstić information content (AvgIpc) is 1.87. The van der Waals surface area contributed by atoms with Crippen LogP contribution in [0.5, 0.6) is 0 Å². The van der Waals surface area contributed by atoms with Gasteiger partial charge in [0.25, 0.3) is 0 Å². The van der Waals surface area contributed by atoms with Gasteiger partial charge < -0.3 is 14.6 Å². The second-order valence-corrected chi connectivity index (χ2v) is 1.09. The first-order chi connectivity index (χ1) is 4.66. The number of carbonyl (C=O) groups excluding carboxylic acids is 1. The monoisotopic (exact) mass is 147 g/mol. The number of aliphatic imine (C=N–C) groups is 1. The smallest absolute Gasteiger partial charge is 0.451 e. The van der Waals surface area contributed by atoms with Gasteiger partial charge in [0.05, 0.1) is 7.11 Å². The molecule has 0 saturated heterocycles. The van der Waals surface area contributed by atoms with Crippen molar-refractivity contribution in [3.63, 3.8) is 0 Å². The molecular weight excluding hydrogens is 142 g/mol. The topological polar surface area (TPSA) is 85.2 Å². The van der Waals surface area contributed by atoms with Crippen LogP contribution in [-0.4, -0.2) is 30.9 Å². The Balaban J connectivity index is 3.56. The number of methoxy groups -OCH3 is 1. The second-order valence-electron chi connectivity index (χ2n) is 1.09. The van der Waals surface area contributed by atoms with E-state index in [1.54, 1.807) is 0 Å². The fourth-order valence-electron chi connectivity index (χ4n) is 0.167. The number of amides is 1. The van der Waals surface area contributed by atoms with Crippen LogP contribution in [0.1, 0.15) is 0 Å². The van der Waals surface area contributed by atoms with Gasteiger partial charge in [-0.15, -0.1) is 4.99 Å². The van der Waals surface area contributed by atoms with E-state index in [-0.39, 0.29) is 0 Å². The molecule has 0 aliphatic heterocycles. The Morgan fingerprint density at radius 2 is 2.20 bits per heavy atom. The van der Waals surface area contributed by atoms with Crippen molar-refractivity contribution in [3.05, 3.63) is 0 Å². The SMILES string of the molecule is COC(=O)N=COC(=O)O. The van der Waals surface area contributed by atoms with Gasteiger partial charge in [-0.1, -0.05) is 0 Å². The van der Waals surface area contributed by atoms with Gasteiger partial charge in [0.15, 0.2) is 6.40 Å². The van der Waals surface area contributed by atoms with Crippen LogP contribution in [-0.2, 0) is 9.47 Å². The van der Waals surface area contributed by atoms with Crippen molar-refractivity contribution >= 4 is 18.6 Å². The van der Waals surface area contributed by atoms with Crippen LogP contribution in [0, 0.1) is 0 Å². The van der Waals surface area contributed by atoms with Crippen LogP contribution in [0.4, 0.5) is 9.59 Å². The van der Waals surface area contributed by atoms with Crippen LogP contribution in [0.15, 0.2) is 4.99 Å². The first-order valence-corrected chi connectivity index (χ1v) is 2.17. The van der Waals surface area contributed by atoms with E-state index in [1.165, 1.54) is 0 Å². The van der Waals surface area contributed by atoms with E-state index in [0.29, 0.717) is 6.40 Å². The lowest BCUT2D eigenvalue weighted by atomic mass is 11.1. The predicted octanol–water partition coefficient (Wildman–Crippen LogP) is 0.476. The van der Waals surface area contributed by atoms with Crippen molar-refractivity contribution < 1.29 is 24.2 Å². The molecule has 0 heterocycles. The molecule has 0 bridgehead atoms. The van der Waals surface area contributed by atoms with Crippen molar-refractivity contribution in [2.24, 2.45) is 4.99 Å². The summed E-state index contributed by atoms with van der Waals surface area (Å²) in [4.78, 5) is 22.6. The zero-order chi connectivity index (χ0) is 7.98. The highest BCUT2D eigenvalue weighted by atomic mass is 16.7. The highest BCUT2D eigenvalue weighted by molar-refractivity contribution is 5.80. The minimum Gasteiger partial charge on any atom is -0.451 e. The third kappa shape index (κ3) is 4.57. The van der Waals surface area contributed by atoms with Gasteiger partial charge in [-0.25, -0.2) is 9.59 Å². The summed E-state index contributed by atoms with van der Waals surface area (Å²) in [5, 5.41) is 7.83. The Morgan fingerprint density at radius 3 is 2.60 bits per heavy atom. The summed E-state index contributed by atoms with van der Waals surface area (Å²) in [6.07, 6.45) is -1.97. The Bertz CT molecular complexity index is 163. The number of carboxylic acid groups (broad SMARTS) is 1. The minimum absolute atomic E-state index is 0.480. The molecule has 0 rings (SSSR count). The van der Waals surface area contributed by atoms with E-state index >= 15 is 0 Å². The van der Waals surface area contributed by atoms with Gasteiger partial charge in [-0.05, 0) is 0 Å². The number of hydrogen-bond donors (Lipinski definition) is 1. The molecule has 0 aliphatic carbocycles. The molecule has 0 aromatic carbocycles. The van der Waals surface area contributed by atoms with Crippen LogP contribution >= 0.6 is 0 Å². The normalized spacial score (nSPS) is 9.30. The summed E-state index contributed by atoms with van der Waals surface area (Å²) >= 11 is 0. The highest BCUT2D eigenvalue weighted by Crippen LogP contribution is 1.78. The third-order valence-corrected chi connectivity index (χ3v) is 0.486. The zero-order valence-electron chi connectivity index (χ0n) is 5.10. The summed E-state index contributed by atoms with van der Waals surface area (Å²) in [6.45, 7) is 0. The van der Waals surface area contributed by atoms with Gasteiger partial charge >= 0.3 is 12.2 Å². The largest absolute Gasteiger partial charge is 0.512 e. The van der Waals surface area contributed by atoms with Crippen molar-refractivity contribution in [3.8, 4) is 0 Å². The van der Waals surface area contributed by atoms with E-state index in [4.69, 9.17) is 5.11 Å². The quantitative estimate of drug-likeness (QED) is 0.331. The van der Waals surface area contributed by atoms with Crippen LogP contribution < -0.4 is 0 Å².